The summed E-state index contributed by atoms with van der Waals surface area (Å²) in [5.74, 6) is 2.30. The number of nitrogens with one attached hydrogen (secondary N) is 1. The Labute approximate surface area is 172 Å². The number of hydrogen-bond acceptors (Lipinski definition) is 7. The predicted molar refractivity (Wildman–Crippen MR) is 108 cm³/mol. The van der Waals surface area contributed by atoms with Crippen LogP contribution in [0.2, 0.25) is 0 Å². The molecule has 0 spiro atoms. The van der Waals surface area contributed by atoms with Crippen LogP contribution in [0.15, 0.2) is 53.9 Å². The second-order valence-electron chi connectivity index (χ2n) is 6.19. The van der Waals surface area contributed by atoms with E-state index in [0.717, 1.165) is 17.0 Å². The molecule has 150 valence electrons. The van der Waals surface area contributed by atoms with Crippen molar-refractivity contribution in [1.82, 2.24) is 20.1 Å². The van der Waals surface area contributed by atoms with Crippen LogP contribution in [-0.4, -0.2) is 46.7 Å². The molecule has 1 aromatic heterocycles. The predicted octanol–water partition coefficient (Wildman–Crippen LogP) is 2.46. The number of carbonyl (C=O) groups is 1. The molecule has 9 heteroatoms. The van der Waals surface area contributed by atoms with Crippen LogP contribution in [0.3, 0.4) is 0 Å². The molecule has 0 bridgehead atoms. The van der Waals surface area contributed by atoms with Gasteiger partial charge in [-0.25, -0.2) is 0 Å². The SMILES string of the molecule is COc1ccc(-n2cnnc2SCC(=O)NCc2cccc3c2OCCO3)cc1. The molecule has 0 fully saturated rings. The third-order valence-corrected chi connectivity index (χ3v) is 5.27. The first kappa shape index (κ1) is 19.1. The fourth-order valence-corrected chi connectivity index (χ4v) is 3.65. The summed E-state index contributed by atoms with van der Waals surface area (Å²) in [6.07, 6.45) is 1.62. The Balaban J connectivity index is 1.34. The molecule has 0 aliphatic carbocycles. The number of aromatic nitrogens is 3. The number of para-hydroxylation sites is 1. The molecule has 4 rings (SSSR count). The molecule has 1 aliphatic heterocycles. The summed E-state index contributed by atoms with van der Waals surface area (Å²) in [4.78, 5) is 12.3. The van der Waals surface area contributed by atoms with Crippen molar-refractivity contribution < 1.29 is 19.0 Å². The summed E-state index contributed by atoms with van der Waals surface area (Å²) in [5, 5.41) is 11.6. The number of rotatable bonds is 7. The van der Waals surface area contributed by atoms with Crippen molar-refractivity contribution >= 4 is 17.7 Å². The van der Waals surface area contributed by atoms with Crippen LogP contribution in [0.5, 0.6) is 17.2 Å². The first-order valence-corrected chi connectivity index (χ1v) is 10.0. The third kappa shape index (κ3) is 4.45. The minimum absolute atomic E-state index is 0.103. The zero-order chi connectivity index (χ0) is 20.1. The van der Waals surface area contributed by atoms with Gasteiger partial charge >= 0.3 is 0 Å². The Bertz CT molecular complexity index is 990. The van der Waals surface area contributed by atoms with Crippen molar-refractivity contribution in [3.8, 4) is 22.9 Å². The molecular weight excluding hydrogens is 392 g/mol. The molecule has 1 N–H and O–H groups in total. The van der Waals surface area contributed by atoms with Gasteiger partial charge in [-0.1, -0.05) is 23.9 Å². The highest BCUT2D eigenvalue weighted by atomic mass is 32.2. The third-order valence-electron chi connectivity index (χ3n) is 4.32. The molecule has 0 atom stereocenters. The Morgan fingerprint density at radius 2 is 2.03 bits per heavy atom. The van der Waals surface area contributed by atoms with Gasteiger partial charge in [0.05, 0.1) is 12.9 Å². The molecule has 2 aromatic carbocycles. The number of methoxy groups -OCH3 is 1. The molecule has 0 radical (unpaired) electrons. The van der Waals surface area contributed by atoms with Crippen LogP contribution in [0.4, 0.5) is 0 Å². The zero-order valence-electron chi connectivity index (χ0n) is 15.8. The van der Waals surface area contributed by atoms with Gasteiger partial charge < -0.3 is 19.5 Å². The van der Waals surface area contributed by atoms with E-state index < -0.39 is 0 Å². The summed E-state index contributed by atoms with van der Waals surface area (Å²) in [6.45, 7) is 1.42. The Morgan fingerprint density at radius 1 is 1.21 bits per heavy atom. The zero-order valence-corrected chi connectivity index (χ0v) is 16.6. The molecule has 0 saturated heterocycles. The lowest BCUT2D eigenvalue weighted by atomic mass is 10.1. The lowest BCUT2D eigenvalue weighted by molar-refractivity contribution is -0.118. The molecule has 29 heavy (non-hydrogen) atoms. The quantitative estimate of drug-likeness (QED) is 0.597. The minimum Gasteiger partial charge on any atom is -0.497 e. The molecule has 0 saturated carbocycles. The van der Waals surface area contributed by atoms with E-state index in [-0.39, 0.29) is 11.7 Å². The van der Waals surface area contributed by atoms with Gasteiger partial charge in [0.1, 0.15) is 25.3 Å². The average molecular weight is 412 g/mol. The number of fused-ring (bicyclic) bond motifs is 1. The smallest absolute Gasteiger partial charge is 0.230 e. The molecular formula is C20H20N4O4S. The molecule has 0 unspecified atom stereocenters. The summed E-state index contributed by atoms with van der Waals surface area (Å²) in [5.41, 5.74) is 1.79. The number of hydrogen-bond donors (Lipinski definition) is 1. The summed E-state index contributed by atoms with van der Waals surface area (Å²) >= 11 is 1.32. The first-order valence-electron chi connectivity index (χ1n) is 9.06. The van der Waals surface area contributed by atoms with E-state index in [1.165, 1.54) is 11.8 Å². The molecule has 2 heterocycles. The van der Waals surface area contributed by atoms with Crippen molar-refractivity contribution in [3.63, 3.8) is 0 Å². The Hall–Kier alpha value is -3.20. The largest absolute Gasteiger partial charge is 0.497 e. The number of nitrogens with zero attached hydrogens (tertiary/aromatic N) is 3. The van der Waals surface area contributed by atoms with Gasteiger partial charge in [0, 0.05) is 17.8 Å². The maximum absolute atomic E-state index is 12.3. The van der Waals surface area contributed by atoms with E-state index in [1.54, 1.807) is 13.4 Å². The molecule has 1 amide bonds. The van der Waals surface area contributed by atoms with Gasteiger partial charge in [0.2, 0.25) is 5.91 Å². The van der Waals surface area contributed by atoms with Crippen LogP contribution in [0, 0.1) is 0 Å². The number of carbonyl (C=O) groups excluding carboxylic acids is 1. The van der Waals surface area contributed by atoms with E-state index in [0.29, 0.717) is 36.4 Å². The van der Waals surface area contributed by atoms with E-state index in [2.05, 4.69) is 15.5 Å². The lowest BCUT2D eigenvalue weighted by Gasteiger charge is -2.21. The second kappa shape index (κ2) is 8.87. The van der Waals surface area contributed by atoms with Crippen molar-refractivity contribution in [2.24, 2.45) is 0 Å². The maximum Gasteiger partial charge on any atom is 0.230 e. The highest BCUT2D eigenvalue weighted by Crippen LogP contribution is 2.33. The monoisotopic (exact) mass is 412 g/mol. The fraction of sp³-hybridized carbons (Fsp3) is 0.250. The van der Waals surface area contributed by atoms with Crippen LogP contribution in [0.25, 0.3) is 5.69 Å². The fourth-order valence-electron chi connectivity index (χ4n) is 2.89. The van der Waals surface area contributed by atoms with E-state index in [9.17, 15) is 4.79 Å². The topological polar surface area (TPSA) is 87.5 Å². The minimum atomic E-state index is -0.103. The van der Waals surface area contributed by atoms with Gasteiger partial charge in [0.25, 0.3) is 0 Å². The van der Waals surface area contributed by atoms with Crippen molar-refractivity contribution in [2.75, 3.05) is 26.1 Å². The van der Waals surface area contributed by atoms with E-state index in [1.807, 2.05) is 47.0 Å². The maximum atomic E-state index is 12.3. The van der Waals surface area contributed by atoms with E-state index in [4.69, 9.17) is 14.2 Å². The van der Waals surface area contributed by atoms with Gasteiger partial charge in [-0.3, -0.25) is 9.36 Å². The summed E-state index contributed by atoms with van der Waals surface area (Å²) in [6, 6.07) is 13.2. The van der Waals surface area contributed by atoms with Gasteiger partial charge in [0.15, 0.2) is 16.7 Å². The number of thioether (sulfide) groups is 1. The van der Waals surface area contributed by atoms with Crippen LogP contribution in [-0.2, 0) is 11.3 Å². The highest BCUT2D eigenvalue weighted by molar-refractivity contribution is 7.99. The normalized spacial score (nSPS) is 12.4. The summed E-state index contributed by atoms with van der Waals surface area (Å²) < 4.78 is 18.3. The highest BCUT2D eigenvalue weighted by Gasteiger charge is 2.16. The lowest BCUT2D eigenvalue weighted by Crippen LogP contribution is -2.26. The number of benzene rings is 2. The van der Waals surface area contributed by atoms with Crippen LogP contribution in [0.1, 0.15) is 5.56 Å². The average Bonchev–Trinajstić information content (AvgIpc) is 3.25. The molecule has 8 nitrogen and oxygen atoms in total. The van der Waals surface area contributed by atoms with Gasteiger partial charge in [-0.05, 0) is 30.3 Å². The van der Waals surface area contributed by atoms with Crippen molar-refractivity contribution in [1.29, 1.82) is 0 Å². The van der Waals surface area contributed by atoms with Crippen LogP contribution < -0.4 is 19.5 Å². The second-order valence-corrected chi connectivity index (χ2v) is 7.13. The van der Waals surface area contributed by atoms with E-state index >= 15 is 0 Å². The van der Waals surface area contributed by atoms with Gasteiger partial charge in [-0.15, -0.1) is 10.2 Å². The molecule has 3 aromatic rings. The number of amides is 1. The standard InChI is InChI=1S/C20H20N4O4S/c1-26-16-7-5-15(6-8-16)24-13-22-23-20(24)29-12-18(25)21-11-14-3-2-4-17-19(14)28-10-9-27-17/h2-8,13H,9-12H2,1H3,(H,21,25). The van der Waals surface area contributed by atoms with Crippen molar-refractivity contribution in [2.45, 2.75) is 11.7 Å². The van der Waals surface area contributed by atoms with Crippen molar-refractivity contribution in [3.05, 3.63) is 54.4 Å². The molecule has 1 aliphatic rings. The Morgan fingerprint density at radius 3 is 2.86 bits per heavy atom. The number of ether oxygens (including phenoxy) is 3. The van der Waals surface area contributed by atoms with Gasteiger partial charge in [-0.2, -0.15) is 0 Å². The Kier molecular flexibility index (Phi) is 5.85. The summed E-state index contributed by atoms with van der Waals surface area (Å²) in [7, 11) is 1.62. The first-order chi connectivity index (χ1) is 14.2. The van der Waals surface area contributed by atoms with Crippen LogP contribution >= 0.6 is 11.8 Å².